The first kappa shape index (κ1) is 20.5. The van der Waals surface area contributed by atoms with Crippen molar-refractivity contribution in [3.8, 4) is 17.2 Å². The average Bonchev–Trinajstić information content (AvgIpc) is 2.71. The van der Waals surface area contributed by atoms with Crippen molar-refractivity contribution in [3.63, 3.8) is 0 Å². The van der Waals surface area contributed by atoms with E-state index in [9.17, 15) is 13.2 Å². The normalized spacial score (nSPS) is 14.9. The van der Waals surface area contributed by atoms with E-state index >= 15 is 0 Å². The van der Waals surface area contributed by atoms with E-state index < -0.39 is 15.9 Å². The maximum absolute atomic E-state index is 13.1. The first-order chi connectivity index (χ1) is 13.7. The Morgan fingerprint density at radius 2 is 1.55 bits per heavy atom. The van der Waals surface area contributed by atoms with Crippen LogP contribution in [0.25, 0.3) is 5.57 Å². The van der Waals surface area contributed by atoms with Gasteiger partial charge in [-0.3, -0.25) is 9.10 Å². The number of fused-ring (bicyclic) bond motifs is 1. The first-order valence-electron chi connectivity index (χ1n) is 8.66. The van der Waals surface area contributed by atoms with Gasteiger partial charge in [-0.1, -0.05) is 0 Å². The highest BCUT2D eigenvalue weighted by Crippen LogP contribution is 2.44. The second-order valence-electron chi connectivity index (χ2n) is 6.33. The van der Waals surface area contributed by atoms with Gasteiger partial charge in [0.2, 0.25) is 0 Å². The van der Waals surface area contributed by atoms with Crippen LogP contribution in [0.1, 0.15) is 12.5 Å². The standard InChI is InChI=1S/C20H22N2O6S/c1-12-15-10-17(27-4)18(28-5)11-16(15)22(2)29(24,25)19(12)20(23)21-13-6-8-14(26-3)9-7-13/h6-11H,1-5H3,(H,21,23). The van der Waals surface area contributed by atoms with Crippen LogP contribution in [0, 0.1) is 0 Å². The zero-order valence-corrected chi connectivity index (χ0v) is 17.6. The number of nitrogens with one attached hydrogen (secondary N) is 1. The molecule has 0 radical (unpaired) electrons. The predicted molar refractivity (Wildman–Crippen MR) is 111 cm³/mol. The van der Waals surface area contributed by atoms with Crippen LogP contribution in [0.2, 0.25) is 0 Å². The second kappa shape index (κ2) is 7.67. The lowest BCUT2D eigenvalue weighted by Crippen LogP contribution is -2.36. The molecule has 1 aliphatic heterocycles. The van der Waals surface area contributed by atoms with E-state index in [1.165, 1.54) is 28.4 Å². The fraction of sp³-hybridized carbons (Fsp3) is 0.250. The summed E-state index contributed by atoms with van der Waals surface area (Å²) >= 11 is 0. The number of sulfonamides is 1. The molecular formula is C20H22N2O6S. The van der Waals surface area contributed by atoms with E-state index in [-0.39, 0.29) is 4.91 Å². The van der Waals surface area contributed by atoms with Gasteiger partial charge in [0.25, 0.3) is 15.9 Å². The number of rotatable bonds is 5. The van der Waals surface area contributed by atoms with Gasteiger partial charge >= 0.3 is 0 Å². The molecule has 9 heteroatoms. The summed E-state index contributed by atoms with van der Waals surface area (Å²) in [5.41, 5.74) is 1.75. The number of amides is 1. The molecule has 0 saturated carbocycles. The largest absolute Gasteiger partial charge is 0.497 e. The Morgan fingerprint density at radius 3 is 2.10 bits per heavy atom. The second-order valence-corrected chi connectivity index (χ2v) is 8.24. The number of methoxy groups -OCH3 is 3. The molecule has 2 aromatic rings. The van der Waals surface area contributed by atoms with Gasteiger partial charge in [0.1, 0.15) is 5.75 Å². The van der Waals surface area contributed by atoms with Crippen LogP contribution in [0.15, 0.2) is 41.3 Å². The van der Waals surface area contributed by atoms with Crippen molar-refractivity contribution in [2.45, 2.75) is 6.92 Å². The van der Waals surface area contributed by atoms with Crippen LogP contribution in [-0.2, 0) is 14.8 Å². The SMILES string of the molecule is COc1ccc(NC(=O)C2=C(C)c3cc(OC)c(OC)cc3N(C)S2(=O)=O)cc1. The summed E-state index contributed by atoms with van der Waals surface area (Å²) in [5.74, 6) is 0.735. The van der Waals surface area contributed by atoms with Crippen molar-refractivity contribution >= 4 is 32.9 Å². The quantitative estimate of drug-likeness (QED) is 0.803. The molecule has 0 aliphatic carbocycles. The van der Waals surface area contributed by atoms with Crippen molar-refractivity contribution in [2.24, 2.45) is 0 Å². The maximum Gasteiger partial charge on any atom is 0.269 e. The van der Waals surface area contributed by atoms with Gasteiger partial charge in [-0.15, -0.1) is 0 Å². The number of nitrogens with zero attached hydrogens (tertiary/aromatic N) is 1. The van der Waals surface area contributed by atoms with Crippen LogP contribution in [0.4, 0.5) is 11.4 Å². The molecule has 0 bridgehead atoms. The molecule has 0 atom stereocenters. The number of benzene rings is 2. The number of hydrogen-bond donors (Lipinski definition) is 1. The van der Waals surface area contributed by atoms with E-state index in [1.807, 2.05) is 0 Å². The first-order valence-corrected chi connectivity index (χ1v) is 10.1. The molecule has 2 aromatic carbocycles. The van der Waals surface area contributed by atoms with Gasteiger partial charge in [-0.05, 0) is 42.8 Å². The van der Waals surface area contributed by atoms with Crippen LogP contribution >= 0.6 is 0 Å². The minimum atomic E-state index is -4.06. The smallest absolute Gasteiger partial charge is 0.269 e. The summed E-state index contributed by atoms with van der Waals surface area (Å²) in [6.45, 7) is 1.60. The van der Waals surface area contributed by atoms with E-state index in [4.69, 9.17) is 14.2 Å². The Labute approximate surface area is 169 Å². The average molecular weight is 418 g/mol. The Hall–Kier alpha value is -3.20. The van der Waals surface area contributed by atoms with Crippen molar-refractivity contribution in [2.75, 3.05) is 38.0 Å². The summed E-state index contributed by atoms with van der Waals surface area (Å²) < 4.78 is 42.9. The molecule has 0 aromatic heterocycles. The van der Waals surface area contributed by atoms with Gasteiger partial charge in [0.05, 0.1) is 27.0 Å². The van der Waals surface area contributed by atoms with Gasteiger partial charge in [-0.25, -0.2) is 8.42 Å². The minimum absolute atomic E-state index is 0.324. The van der Waals surface area contributed by atoms with Crippen molar-refractivity contribution in [3.05, 3.63) is 46.9 Å². The minimum Gasteiger partial charge on any atom is -0.497 e. The molecule has 154 valence electrons. The molecule has 1 aliphatic rings. The van der Waals surface area contributed by atoms with Crippen LogP contribution in [0.3, 0.4) is 0 Å². The summed E-state index contributed by atoms with van der Waals surface area (Å²) in [6.07, 6.45) is 0. The molecule has 3 rings (SSSR count). The van der Waals surface area contributed by atoms with Crippen molar-refractivity contribution < 1.29 is 27.4 Å². The third-order valence-electron chi connectivity index (χ3n) is 4.76. The zero-order valence-electron chi connectivity index (χ0n) is 16.8. The van der Waals surface area contributed by atoms with Gasteiger partial charge in [0.15, 0.2) is 16.4 Å². The number of anilines is 2. The molecule has 8 nitrogen and oxygen atoms in total. The molecule has 1 amide bonds. The Morgan fingerprint density at radius 1 is 0.966 bits per heavy atom. The van der Waals surface area contributed by atoms with Crippen molar-refractivity contribution in [1.82, 2.24) is 0 Å². The predicted octanol–water partition coefficient (Wildman–Crippen LogP) is 2.86. The van der Waals surface area contributed by atoms with Crippen molar-refractivity contribution in [1.29, 1.82) is 0 Å². The van der Waals surface area contributed by atoms with Gasteiger partial charge in [0, 0.05) is 24.4 Å². The highest BCUT2D eigenvalue weighted by atomic mass is 32.2. The fourth-order valence-electron chi connectivity index (χ4n) is 3.16. The van der Waals surface area contributed by atoms with Crippen LogP contribution < -0.4 is 23.8 Å². The Kier molecular flexibility index (Phi) is 5.43. The monoisotopic (exact) mass is 418 g/mol. The van der Waals surface area contributed by atoms with Crippen LogP contribution in [-0.4, -0.2) is 42.7 Å². The third kappa shape index (κ3) is 3.49. The van der Waals surface area contributed by atoms with E-state index in [1.54, 1.807) is 43.3 Å². The summed E-state index contributed by atoms with van der Waals surface area (Å²) in [5, 5.41) is 2.64. The number of allylic oxidation sites excluding steroid dienone is 1. The molecule has 0 fully saturated rings. The number of ether oxygens (including phenoxy) is 3. The molecule has 0 saturated heterocycles. The number of hydrogen-bond acceptors (Lipinski definition) is 6. The summed E-state index contributed by atoms with van der Waals surface area (Å²) in [4.78, 5) is 12.6. The Bertz CT molecular complexity index is 1090. The lowest BCUT2D eigenvalue weighted by atomic mass is 10.0. The molecule has 0 spiro atoms. The molecule has 0 unspecified atom stereocenters. The summed E-state index contributed by atoms with van der Waals surface area (Å²) in [7, 11) is 1.83. The molecule has 29 heavy (non-hydrogen) atoms. The van der Waals surface area contributed by atoms with E-state index in [0.717, 1.165) is 4.31 Å². The lowest BCUT2D eigenvalue weighted by molar-refractivity contribution is -0.112. The number of carbonyl (C=O) groups excluding carboxylic acids is 1. The van der Waals surface area contributed by atoms with Crippen LogP contribution in [0.5, 0.6) is 17.2 Å². The highest BCUT2D eigenvalue weighted by molar-refractivity contribution is 7.97. The summed E-state index contributed by atoms with van der Waals surface area (Å²) in [6, 6.07) is 9.85. The topological polar surface area (TPSA) is 94.2 Å². The third-order valence-corrected chi connectivity index (χ3v) is 6.68. The van der Waals surface area contributed by atoms with Gasteiger partial charge < -0.3 is 19.5 Å². The molecule has 1 heterocycles. The van der Waals surface area contributed by atoms with E-state index in [0.29, 0.717) is 39.8 Å². The number of carbonyl (C=O) groups is 1. The highest BCUT2D eigenvalue weighted by Gasteiger charge is 2.38. The Balaban J connectivity index is 2.10. The zero-order chi connectivity index (χ0) is 21.3. The maximum atomic E-state index is 13.1. The fourth-order valence-corrected chi connectivity index (χ4v) is 4.63. The van der Waals surface area contributed by atoms with Gasteiger partial charge in [-0.2, -0.15) is 0 Å². The molecule has 1 N–H and O–H groups in total. The van der Waals surface area contributed by atoms with E-state index in [2.05, 4.69) is 5.32 Å². The molecular weight excluding hydrogens is 396 g/mol. The lowest BCUT2D eigenvalue weighted by Gasteiger charge is -2.30.